The van der Waals surface area contributed by atoms with Gasteiger partial charge in [0.15, 0.2) is 0 Å². The van der Waals surface area contributed by atoms with Gasteiger partial charge in [-0.1, -0.05) is 23.7 Å². The van der Waals surface area contributed by atoms with Crippen molar-refractivity contribution in [3.8, 4) is 11.4 Å². The number of fused-ring (bicyclic) bond motifs is 1. The van der Waals surface area contributed by atoms with Crippen molar-refractivity contribution in [1.82, 2.24) is 20.3 Å². The zero-order chi connectivity index (χ0) is 29.8. The number of nitrogens with one attached hydrogen (secondary N) is 4. The van der Waals surface area contributed by atoms with Gasteiger partial charge >= 0.3 is 6.09 Å². The molecule has 2 aliphatic heterocycles. The number of nitrogens with zero attached hydrogens (tertiary/aromatic N) is 2. The van der Waals surface area contributed by atoms with E-state index >= 15 is 0 Å². The Morgan fingerprint density at radius 1 is 1.19 bits per heavy atom. The van der Waals surface area contributed by atoms with Crippen LogP contribution in [0.1, 0.15) is 30.4 Å². The van der Waals surface area contributed by atoms with Gasteiger partial charge in [-0.3, -0.25) is 4.79 Å². The van der Waals surface area contributed by atoms with Crippen LogP contribution in [0, 0.1) is 12.8 Å². The van der Waals surface area contributed by atoms with Crippen molar-refractivity contribution in [3.63, 3.8) is 0 Å². The fraction of sp³-hybridized carbons (Fsp3) is 0.406. The Kier molecular flexibility index (Phi) is 8.85. The molecule has 0 aliphatic carbocycles. The molecule has 0 radical (unpaired) electrons. The van der Waals surface area contributed by atoms with Gasteiger partial charge in [0, 0.05) is 55.1 Å². The first-order chi connectivity index (χ1) is 20.9. The van der Waals surface area contributed by atoms with Crippen LogP contribution in [0.2, 0.25) is 5.02 Å². The maximum Gasteiger partial charge on any atom is 0.407 e. The number of piperidine rings is 1. The van der Waals surface area contributed by atoms with Gasteiger partial charge in [0.2, 0.25) is 0 Å². The van der Waals surface area contributed by atoms with Crippen LogP contribution in [-0.4, -0.2) is 66.5 Å². The summed E-state index contributed by atoms with van der Waals surface area (Å²) in [5, 5.41) is 7.14. The number of aromatic nitrogens is 3. The number of hydrogen-bond acceptors (Lipinski definition) is 7. The van der Waals surface area contributed by atoms with Crippen molar-refractivity contribution in [2.75, 3.05) is 49.7 Å². The number of imidazole rings is 1. The largest absolute Gasteiger partial charge is 0.449 e. The van der Waals surface area contributed by atoms with Crippen molar-refractivity contribution < 1.29 is 14.3 Å². The summed E-state index contributed by atoms with van der Waals surface area (Å²) in [6.45, 7) is 6.11. The molecule has 0 saturated carbocycles. The third kappa shape index (κ3) is 6.97. The number of ether oxygens (including phenoxy) is 2. The normalized spacial score (nSPS) is 17.3. The molecule has 4 aromatic rings. The van der Waals surface area contributed by atoms with E-state index < -0.39 is 0 Å². The number of pyridine rings is 1. The first-order valence-corrected chi connectivity index (χ1v) is 15.3. The number of anilines is 2. The van der Waals surface area contributed by atoms with E-state index in [1.54, 1.807) is 6.20 Å². The first kappa shape index (κ1) is 29.1. The van der Waals surface area contributed by atoms with E-state index in [1.807, 2.05) is 37.3 Å². The lowest BCUT2D eigenvalue weighted by molar-refractivity contribution is 0.113. The number of aromatic amines is 2. The summed E-state index contributed by atoms with van der Waals surface area (Å²) in [6, 6.07) is 13.9. The number of carbonyl (C=O) groups is 1. The van der Waals surface area contributed by atoms with E-state index in [0.29, 0.717) is 47.8 Å². The lowest BCUT2D eigenvalue weighted by Gasteiger charge is -2.34. The standard InChI is InChI=1S/C32H37ClN6O4/c1-20-15-25(39-12-7-24(8-13-39)36-32(41)43-19-22-9-14-42-18-22)17-27-29(20)38-30(37-27)28-26(6-11-35-31(28)40)34-10-5-21-3-2-4-23(33)16-21/h2-4,6,11,15-17,22,24H,5,7-10,12-14,18-19H2,1H3,(H,36,41)(H,37,38)(H2,34,35,40). The smallest absolute Gasteiger partial charge is 0.407 e. The lowest BCUT2D eigenvalue weighted by Crippen LogP contribution is -2.45. The molecular weight excluding hydrogens is 568 g/mol. The van der Waals surface area contributed by atoms with Crippen LogP contribution in [-0.2, 0) is 15.9 Å². The summed E-state index contributed by atoms with van der Waals surface area (Å²) in [4.78, 5) is 38.6. The van der Waals surface area contributed by atoms with Crippen LogP contribution in [0.15, 0.2) is 53.5 Å². The number of alkyl carbamates (subject to hydrolysis) is 1. The van der Waals surface area contributed by atoms with Crippen LogP contribution < -0.4 is 21.1 Å². The number of halogens is 1. The molecule has 6 rings (SSSR count). The molecule has 0 spiro atoms. The monoisotopic (exact) mass is 604 g/mol. The molecule has 2 aliphatic rings. The first-order valence-electron chi connectivity index (χ1n) is 14.9. The Morgan fingerprint density at radius 2 is 2.05 bits per heavy atom. The highest BCUT2D eigenvalue weighted by molar-refractivity contribution is 6.30. The maximum atomic E-state index is 13.0. The minimum atomic E-state index is -0.346. The molecular formula is C32H37ClN6O4. The molecule has 10 nitrogen and oxygen atoms in total. The highest BCUT2D eigenvalue weighted by Gasteiger charge is 2.24. The van der Waals surface area contributed by atoms with Crippen molar-refractivity contribution in [2.24, 2.45) is 5.92 Å². The highest BCUT2D eigenvalue weighted by Crippen LogP contribution is 2.30. The molecule has 1 amide bonds. The summed E-state index contributed by atoms with van der Waals surface area (Å²) in [5.41, 5.74) is 5.91. The topological polar surface area (TPSA) is 124 Å². The summed E-state index contributed by atoms with van der Waals surface area (Å²) >= 11 is 6.13. The third-order valence-electron chi connectivity index (χ3n) is 8.23. The second-order valence-corrected chi connectivity index (χ2v) is 11.8. The van der Waals surface area contributed by atoms with E-state index in [2.05, 4.69) is 37.6 Å². The molecule has 2 saturated heterocycles. The lowest BCUT2D eigenvalue weighted by atomic mass is 10.0. The molecule has 0 bridgehead atoms. The van der Waals surface area contributed by atoms with Crippen LogP contribution in [0.5, 0.6) is 0 Å². The predicted octanol–water partition coefficient (Wildman–Crippen LogP) is 5.27. The quantitative estimate of drug-likeness (QED) is 0.205. The fourth-order valence-corrected chi connectivity index (χ4v) is 6.08. The fourth-order valence-electron chi connectivity index (χ4n) is 5.87. The van der Waals surface area contributed by atoms with Crippen molar-refractivity contribution >= 4 is 40.1 Å². The van der Waals surface area contributed by atoms with Crippen molar-refractivity contribution in [2.45, 2.75) is 38.6 Å². The van der Waals surface area contributed by atoms with E-state index in [9.17, 15) is 9.59 Å². The summed E-state index contributed by atoms with van der Waals surface area (Å²) in [7, 11) is 0. The average Bonchev–Trinajstić information content (AvgIpc) is 3.67. The average molecular weight is 605 g/mol. The summed E-state index contributed by atoms with van der Waals surface area (Å²) in [6.07, 6.45) is 4.66. The predicted molar refractivity (Wildman–Crippen MR) is 169 cm³/mol. The van der Waals surface area contributed by atoms with Crippen LogP contribution in [0.3, 0.4) is 0 Å². The van der Waals surface area contributed by atoms with E-state index in [4.69, 9.17) is 26.1 Å². The summed E-state index contributed by atoms with van der Waals surface area (Å²) in [5.74, 6) is 0.824. The Labute approximate surface area is 255 Å². The molecule has 11 heteroatoms. The number of amides is 1. The molecule has 43 heavy (non-hydrogen) atoms. The zero-order valence-corrected chi connectivity index (χ0v) is 25.0. The third-order valence-corrected chi connectivity index (χ3v) is 8.47. The van der Waals surface area contributed by atoms with Gasteiger partial charge in [-0.2, -0.15) is 0 Å². The molecule has 2 fully saturated rings. The number of hydrogen-bond donors (Lipinski definition) is 4. The Hall–Kier alpha value is -4.02. The van der Waals surface area contributed by atoms with Crippen LogP contribution >= 0.6 is 11.6 Å². The number of rotatable bonds is 9. The van der Waals surface area contributed by atoms with Gasteiger partial charge in [-0.15, -0.1) is 0 Å². The van der Waals surface area contributed by atoms with Crippen molar-refractivity contribution in [1.29, 1.82) is 0 Å². The molecule has 4 heterocycles. The van der Waals surface area contributed by atoms with Crippen LogP contribution in [0.4, 0.5) is 16.2 Å². The van der Waals surface area contributed by atoms with Gasteiger partial charge in [0.1, 0.15) is 11.4 Å². The Bertz CT molecular complexity index is 1640. The summed E-state index contributed by atoms with van der Waals surface area (Å²) < 4.78 is 10.8. The van der Waals surface area contributed by atoms with Gasteiger partial charge < -0.3 is 35.0 Å². The van der Waals surface area contributed by atoms with Gasteiger partial charge in [0.05, 0.1) is 29.9 Å². The second kappa shape index (κ2) is 13.1. The molecule has 4 N–H and O–H groups in total. The Morgan fingerprint density at radius 3 is 2.84 bits per heavy atom. The second-order valence-electron chi connectivity index (χ2n) is 11.4. The molecule has 2 aromatic carbocycles. The highest BCUT2D eigenvalue weighted by atomic mass is 35.5. The maximum absolute atomic E-state index is 13.0. The minimum Gasteiger partial charge on any atom is -0.449 e. The molecule has 1 unspecified atom stereocenters. The van der Waals surface area contributed by atoms with Gasteiger partial charge in [0.25, 0.3) is 5.56 Å². The zero-order valence-electron chi connectivity index (χ0n) is 24.2. The number of H-pyrrole nitrogens is 2. The number of carbonyl (C=O) groups excluding carboxylic acids is 1. The molecule has 2 aromatic heterocycles. The SMILES string of the molecule is Cc1cc(N2CCC(NC(=O)OCC3CCOC3)CC2)cc2[nH]c(-c3c(NCCc4cccc(Cl)c4)cc[nH]c3=O)nc12. The van der Waals surface area contributed by atoms with Gasteiger partial charge in [-0.25, -0.2) is 9.78 Å². The van der Waals surface area contributed by atoms with E-state index in [0.717, 1.165) is 73.2 Å². The van der Waals surface area contributed by atoms with Gasteiger partial charge in [-0.05, 0) is 74.1 Å². The van der Waals surface area contributed by atoms with E-state index in [1.165, 1.54) is 0 Å². The van der Waals surface area contributed by atoms with E-state index in [-0.39, 0.29) is 17.7 Å². The molecule has 226 valence electrons. The Balaban J connectivity index is 1.11. The van der Waals surface area contributed by atoms with Crippen LogP contribution in [0.25, 0.3) is 22.4 Å². The molecule has 1 atom stereocenters. The number of benzene rings is 2. The minimum absolute atomic E-state index is 0.0850. The van der Waals surface area contributed by atoms with Crippen molar-refractivity contribution in [3.05, 3.63) is 75.2 Å². The number of aryl methyl sites for hydroxylation is 1.